The van der Waals surface area contributed by atoms with E-state index in [2.05, 4.69) is 22.4 Å². The van der Waals surface area contributed by atoms with Crippen LogP contribution in [-0.4, -0.2) is 11.1 Å². The number of rotatable bonds is 1. The first kappa shape index (κ1) is 9.21. The van der Waals surface area contributed by atoms with Crippen molar-refractivity contribution in [3.63, 3.8) is 0 Å². The van der Waals surface area contributed by atoms with E-state index >= 15 is 0 Å². The molecule has 1 heterocycles. The van der Waals surface area contributed by atoms with Crippen LogP contribution in [0.3, 0.4) is 0 Å². The highest BCUT2D eigenvalue weighted by Gasteiger charge is 2.13. The largest absolute Gasteiger partial charge is 0.372 e. The molecule has 3 nitrogen and oxygen atoms in total. The van der Waals surface area contributed by atoms with Gasteiger partial charge in [0.25, 0.3) is 5.91 Å². The summed E-state index contributed by atoms with van der Waals surface area (Å²) >= 11 is 4.37. The molecular weight excluding hydrogens is 198 g/mol. The Bertz CT molecular complexity index is 436. The van der Waals surface area contributed by atoms with Gasteiger partial charge in [-0.2, -0.15) is 4.99 Å². The van der Waals surface area contributed by atoms with Crippen LogP contribution < -0.4 is 0 Å². The van der Waals surface area contributed by atoms with E-state index in [0.29, 0.717) is 18.8 Å². The number of isothiocyanates is 1. The molecular formula is C10H7NO2S. The normalized spacial score (nSPS) is 13.1. The molecule has 0 radical (unpaired) electrons. The molecule has 1 aliphatic rings. The molecule has 0 aromatic heterocycles. The van der Waals surface area contributed by atoms with E-state index in [1.165, 1.54) is 0 Å². The zero-order chi connectivity index (χ0) is 9.97. The van der Waals surface area contributed by atoms with Crippen LogP contribution >= 0.6 is 12.2 Å². The standard InChI is InChI=1S/C10H7NO2S/c12-10(11-6-14)7-1-2-8-4-13-5-9(8)3-7/h1-3H,4-5H2. The molecule has 0 aliphatic carbocycles. The summed E-state index contributed by atoms with van der Waals surface area (Å²) in [4.78, 5) is 14.7. The lowest BCUT2D eigenvalue weighted by Crippen LogP contribution is -1.95. The summed E-state index contributed by atoms with van der Waals surface area (Å²) in [6.07, 6.45) is 0. The fourth-order valence-electron chi connectivity index (χ4n) is 1.41. The molecule has 1 aliphatic heterocycles. The van der Waals surface area contributed by atoms with Crippen molar-refractivity contribution in [1.29, 1.82) is 0 Å². The van der Waals surface area contributed by atoms with Gasteiger partial charge in [-0.15, -0.1) is 0 Å². The molecule has 1 aromatic carbocycles. The fourth-order valence-corrected chi connectivity index (χ4v) is 1.49. The van der Waals surface area contributed by atoms with Gasteiger partial charge in [-0.05, 0) is 35.5 Å². The number of fused-ring (bicyclic) bond motifs is 1. The molecule has 1 amide bonds. The molecule has 0 saturated carbocycles. The van der Waals surface area contributed by atoms with E-state index in [1.807, 2.05) is 6.07 Å². The maximum absolute atomic E-state index is 11.3. The van der Waals surface area contributed by atoms with Crippen LogP contribution in [0.4, 0.5) is 0 Å². The molecule has 14 heavy (non-hydrogen) atoms. The topological polar surface area (TPSA) is 38.7 Å². The summed E-state index contributed by atoms with van der Waals surface area (Å²) < 4.78 is 5.23. The number of ether oxygens (including phenoxy) is 1. The monoisotopic (exact) mass is 205 g/mol. The highest BCUT2D eigenvalue weighted by atomic mass is 32.1. The zero-order valence-corrected chi connectivity index (χ0v) is 8.13. The number of benzene rings is 1. The van der Waals surface area contributed by atoms with Gasteiger partial charge in [0.1, 0.15) is 0 Å². The van der Waals surface area contributed by atoms with Crippen LogP contribution in [0.2, 0.25) is 0 Å². The number of carbonyl (C=O) groups excluding carboxylic acids is 1. The summed E-state index contributed by atoms with van der Waals surface area (Å²) in [5.74, 6) is -0.352. The van der Waals surface area contributed by atoms with Crippen LogP contribution in [0, 0.1) is 0 Å². The van der Waals surface area contributed by atoms with Crippen LogP contribution in [0.1, 0.15) is 21.5 Å². The average Bonchev–Trinajstić information content (AvgIpc) is 2.64. The third-order valence-corrected chi connectivity index (χ3v) is 2.21. The van der Waals surface area contributed by atoms with Gasteiger partial charge in [0.15, 0.2) is 0 Å². The zero-order valence-electron chi connectivity index (χ0n) is 7.32. The van der Waals surface area contributed by atoms with Crippen molar-refractivity contribution in [3.8, 4) is 0 Å². The van der Waals surface area contributed by atoms with Crippen LogP contribution in [0.5, 0.6) is 0 Å². The van der Waals surface area contributed by atoms with E-state index in [4.69, 9.17) is 4.74 Å². The third kappa shape index (κ3) is 1.63. The van der Waals surface area contributed by atoms with Gasteiger partial charge in [0, 0.05) is 5.56 Å². The Morgan fingerprint density at radius 3 is 3.00 bits per heavy atom. The molecule has 4 heteroatoms. The van der Waals surface area contributed by atoms with Gasteiger partial charge in [0.2, 0.25) is 0 Å². The Balaban J connectivity index is 2.37. The van der Waals surface area contributed by atoms with Crippen molar-refractivity contribution in [3.05, 3.63) is 34.9 Å². The molecule has 0 N–H and O–H groups in total. The molecule has 70 valence electrons. The van der Waals surface area contributed by atoms with Gasteiger partial charge in [-0.25, -0.2) is 0 Å². The maximum Gasteiger partial charge on any atom is 0.285 e. The maximum atomic E-state index is 11.3. The molecule has 0 unspecified atom stereocenters. The number of aliphatic imine (C=N–C) groups is 1. The molecule has 0 saturated heterocycles. The SMILES string of the molecule is O=C(N=C=S)c1ccc2c(c1)COC2. The van der Waals surface area contributed by atoms with Crippen molar-refractivity contribution in [2.75, 3.05) is 0 Å². The van der Waals surface area contributed by atoms with E-state index in [9.17, 15) is 4.79 Å². The van der Waals surface area contributed by atoms with Crippen molar-refractivity contribution in [2.45, 2.75) is 13.2 Å². The van der Waals surface area contributed by atoms with Gasteiger partial charge in [0.05, 0.1) is 18.4 Å². The lowest BCUT2D eigenvalue weighted by molar-refractivity contribution is 0.100. The minimum atomic E-state index is -0.352. The second kappa shape index (κ2) is 3.80. The van der Waals surface area contributed by atoms with Gasteiger partial charge in [-0.3, -0.25) is 4.79 Å². The van der Waals surface area contributed by atoms with E-state index in [0.717, 1.165) is 11.1 Å². The van der Waals surface area contributed by atoms with Crippen LogP contribution in [-0.2, 0) is 18.0 Å². The molecule has 0 bridgehead atoms. The first-order valence-electron chi connectivity index (χ1n) is 4.13. The predicted molar refractivity (Wildman–Crippen MR) is 54.3 cm³/mol. The molecule has 0 spiro atoms. The number of thiocarbonyl (C=S) groups is 1. The Morgan fingerprint density at radius 2 is 2.21 bits per heavy atom. The Hall–Kier alpha value is -1.35. The molecule has 2 rings (SSSR count). The quantitative estimate of drug-likeness (QED) is 0.519. The minimum Gasteiger partial charge on any atom is -0.372 e. The highest BCUT2D eigenvalue weighted by Crippen LogP contribution is 2.21. The highest BCUT2D eigenvalue weighted by molar-refractivity contribution is 7.78. The van der Waals surface area contributed by atoms with Crippen molar-refractivity contribution < 1.29 is 9.53 Å². The predicted octanol–water partition coefficient (Wildman–Crippen LogP) is 1.96. The molecule has 1 aromatic rings. The summed E-state index contributed by atoms with van der Waals surface area (Å²) in [7, 11) is 0. The van der Waals surface area contributed by atoms with Crippen LogP contribution in [0.15, 0.2) is 23.2 Å². The Labute approximate surface area is 86.4 Å². The van der Waals surface area contributed by atoms with Crippen molar-refractivity contribution >= 4 is 23.3 Å². The second-order valence-electron chi connectivity index (χ2n) is 2.98. The van der Waals surface area contributed by atoms with E-state index < -0.39 is 0 Å². The fraction of sp³-hybridized carbons (Fsp3) is 0.200. The summed E-state index contributed by atoms with van der Waals surface area (Å²) in [6, 6.07) is 5.40. The van der Waals surface area contributed by atoms with Crippen LogP contribution in [0.25, 0.3) is 0 Å². The molecule has 0 atom stereocenters. The van der Waals surface area contributed by atoms with Gasteiger partial charge < -0.3 is 4.74 Å². The summed E-state index contributed by atoms with van der Waals surface area (Å²) in [5.41, 5.74) is 2.72. The average molecular weight is 205 g/mol. The van der Waals surface area contributed by atoms with E-state index in [-0.39, 0.29) is 5.91 Å². The summed E-state index contributed by atoms with van der Waals surface area (Å²) in [5, 5.41) is 2.06. The Kier molecular flexibility index (Phi) is 2.50. The first-order valence-corrected chi connectivity index (χ1v) is 4.54. The lowest BCUT2D eigenvalue weighted by atomic mass is 10.1. The number of nitrogens with zero attached hydrogens (tertiary/aromatic N) is 1. The smallest absolute Gasteiger partial charge is 0.285 e. The summed E-state index contributed by atoms with van der Waals surface area (Å²) in [6.45, 7) is 1.19. The van der Waals surface area contributed by atoms with Crippen molar-refractivity contribution in [2.24, 2.45) is 4.99 Å². The minimum absolute atomic E-state index is 0.352. The van der Waals surface area contributed by atoms with Gasteiger partial charge >= 0.3 is 0 Å². The number of amides is 1. The lowest BCUT2D eigenvalue weighted by Gasteiger charge is -1.98. The van der Waals surface area contributed by atoms with Crippen molar-refractivity contribution in [1.82, 2.24) is 0 Å². The van der Waals surface area contributed by atoms with Gasteiger partial charge in [-0.1, -0.05) is 6.07 Å². The first-order chi connectivity index (χ1) is 6.81. The number of hydrogen-bond donors (Lipinski definition) is 0. The van der Waals surface area contributed by atoms with E-state index in [1.54, 1.807) is 12.1 Å². The number of hydrogen-bond acceptors (Lipinski definition) is 3. The third-order valence-electron chi connectivity index (χ3n) is 2.12. The molecule has 0 fully saturated rings. The number of carbonyl (C=O) groups is 1. The Morgan fingerprint density at radius 1 is 1.43 bits per heavy atom. The second-order valence-corrected chi connectivity index (χ2v) is 3.17.